The average Bonchev–Trinajstić information content (AvgIpc) is 2.66. The molecule has 5 nitrogen and oxygen atoms in total. The zero-order valence-electron chi connectivity index (χ0n) is 16.2. The van der Waals surface area contributed by atoms with E-state index in [1.54, 1.807) is 0 Å². The van der Waals surface area contributed by atoms with Crippen molar-refractivity contribution in [3.8, 4) is 0 Å². The molecular formula is C21H33NO4. The lowest BCUT2D eigenvalue weighted by Crippen LogP contribution is -2.42. The fraction of sp³-hybridized carbons (Fsp3) is 0.619. The molecule has 1 rings (SSSR count). The fourth-order valence-electron chi connectivity index (χ4n) is 2.54. The highest BCUT2D eigenvalue weighted by atomic mass is 16.6. The molecule has 1 N–H and O–H groups in total. The van der Waals surface area contributed by atoms with Gasteiger partial charge in [-0.3, -0.25) is 0 Å². The van der Waals surface area contributed by atoms with Gasteiger partial charge in [0.2, 0.25) is 0 Å². The maximum atomic E-state index is 12.3. The van der Waals surface area contributed by atoms with E-state index in [0.29, 0.717) is 13.0 Å². The van der Waals surface area contributed by atoms with E-state index in [4.69, 9.17) is 9.47 Å². The van der Waals surface area contributed by atoms with Gasteiger partial charge in [-0.2, -0.15) is 0 Å². The number of hydrogen-bond donors (Lipinski definition) is 1. The van der Waals surface area contributed by atoms with Gasteiger partial charge < -0.3 is 14.8 Å². The number of esters is 1. The second-order valence-electron chi connectivity index (χ2n) is 6.48. The average molecular weight is 363 g/mol. The lowest BCUT2D eigenvalue weighted by Gasteiger charge is -2.17. The van der Waals surface area contributed by atoms with Crippen molar-refractivity contribution in [3.05, 3.63) is 35.9 Å². The first kappa shape index (κ1) is 22.0. The number of unbranched alkanes of at least 4 members (excludes halogenated alkanes) is 5. The number of ether oxygens (including phenoxy) is 2. The fourth-order valence-corrected chi connectivity index (χ4v) is 2.54. The quantitative estimate of drug-likeness (QED) is 0.396. The van der Waals surface area contributed by atoms with Gasteiger partial charge in [0.25, 0.3) is 0 Å². The molecule has 0 aliphatic carbocycles. The molecule has 0 bridgehead atoms. The number of hydrogen-bond acceptors (Lipinski definition) is 4. The Bertz CT molecular complexity index is 504. The molecular weight excluding hydrogens is 330 g/mol. The predicted octanol–water partition coefficient (Wildman–Crippen LogP) is 4.99. The maximum absolute atomic E-state index is 12.3. The van der Waals surface area contributed by atoms with Crippen molar-refractivity contribution in [3.63, 3.8) is 0 Å². The van der Waals surface area contributed by atoms with Crippen LogP contribution < -0.4 is 5.32 Å². The van der Waals surface area contributed by atoms with E-state index in [1.165, 1.54) is 12.8 Å². The van der Waals surface area contributed by atoms with Gasteiger partial charge in [-0.1, -0.05) is 82.7 Å². The number of rotatable bonds is 13. The van der Waals surface area contributed by atoms with Crippen LogP contribution in [-0.2, 0) is 20.9 Å². The molecule has 1 unspecified atom stereocenters. The summed E-state index contributed by atoms with van der Waals surface area (Å²) in [4.78, 5) is 24.3. The third-order valence-electron chi connectivity index (χ3n) is 4.13. The minimum Gasteiger partial charge on any atom is -0.464 e. The Balaban J connectivity index is 2.36. The molecule has 0 saturated heterocycles. The van der Waals surface area contributed by atoms with Crippen LogP contribution in [0.5, 0.6) is 0 Å². The van der Waals surface area contributed by atoms with Gasteiger partial charge in [0.05, 0.1) is 6.61 Å². The van der Waals surface area contributed by atoms with Crippen LogP contribution in [0.4, 0.5) is 4.79 Å². The van der Waals surface area contributed by atoms with Crippen molar-refractivity contribution in [1.29, 1.82) is 0 Å². The van der Waals surface area contributed by atoms with E-state index in [1.807, 2.05) is 37.3 Å². The smallest absolute Gasteiger partial charge is 0.408 e. The third kappa shape index (κ3) is 10.1. The number of amides is 1. The minimum absolute atomic E-state index is 0.180. The molecule has 1 atom stereocenters. The second kappa shape index (κ2) is 14.2. The number of nitrogens with one attached hydrogen (secondary N) is 1. The SMILES string of the molecule is CCCCCCCOC(=O)C(CCCC)NC(=O)OCc1ccccc1. The van der Waals surface area contributed by atoms with E-state index >= 15 is 0 Å². The van der Waals surface area contributed by atoms with Gasteiger partial charge in [-0.25, -0.2) is 9.59 Å². The molecule has 146 valence electrons. The summed E-state index contributed by atoms with van der Waals surface area (Å²) in [7, 11) is 0. The Hall–Kier alpha value is -2.04. The lowest BCUT2D eigenvalue weighted by molar-refractivity contribution is -0.146. The Labute approximate surface area is 157 Å². The third-order valence-corrected chi connectivity index (χ3v) is 4.13. The summed E-state index contributed by atoms with van der Waals surface area (Å²) in [5.41, 5.74) is 0.905. The summed E-state index contributed by atoms with van der Waals surface area (Å²) in [5.74, 6) is -0.370. The molecule has 0 aliphatic heterocycles. The number of benzene rings is 1. The largest absolute Gasteiger partial charge is 0.464 e. The van der Waals surface area contributed by atoms with E-state index in [-0.39, 0.29) is 12.6 Å². The van der Waals surface area contributed by atoms with Crippen LogP contribution in [-0.4, -0.2) is 24.7 Å². The first-order chi connectivity index (χ1) is 12.7. The molecule has 5 heteroatoms. The lowest BCUT2D eigenvalue weighted by atomic mass is 10.1. The second-order valence-corrected chi connectivity index (χ2v) is 6.48. The first-order valence-electron chi connectivity index (χ1n) is 9.81. The van der Waals surface area contributed by atoms with Gasteiger partial charge in [0.1, 0.15) is 12.6 Å². The molecule has 26 heavy (non-hydrogen) atoms. The normalized spacial score (nSPS) is 11.6. The molecule has 0 heterocycles. The highest BCUT2D eigenvalue weighted by Gasteiger charge is 2.22. The highest BCUT2D eigenvalue weighted by Crippen LogP contribution is 2.07. The molecule has 0 aliphatic rings. The van der Waals surface area contributed by atoms with Crippen molar-refractivity contribution in [1.82, 2.24) is 5.32 Å². The summed E-state index contributed by atoms with van der Waals surface area (Å²) in [6.07, 6.45) is 7.25. The molecule has 0 spiro atoms. The van der Waals surface area contributed by atoms with Gasteiger partial charge in [-0.05, 0) is 18.4 Å². The number of carbonyl (C=O) groups excluding carboxylic acids is 2. The molecule has 0 saturated carbocycles. The first-order valence-corrected chi connectivity index (χ1v) is 9.81. The van der Waals surface area contributed by atoms with Crippen LogP contribution in [0.25, 0.3) is 0 Å². The van der Waals surface area contributed by atoms with Gasteiger partial charge in [-0.15, -0.1) is 0 Å². The van der Waals surface area contributed by atoms with Crippen molar-refractivity contribution in [2.45, 2.75) is 77.9 Å². The summed E-state index contributed by atoms with van der Waals surface area (Å²) >= 11 is 0. The van der Waals surface area contributed by atoms with E-state index in [9.17, 15) is 9.59 Å². The summed E-state index contributed by atoms with van der Waals surface area (Å²) in [6, 6.07) is 8.80. The monoisotopic (exact) mass is 363 g/mol. The maximum Gasteiger partial charge on any atom is 0.408 e. The molecule has 0 aromatic heterocycles. The van der Waals surface area contributed by atoms with Gasteiger partial charge >= 0.3 is 12.1 Å². The van der Waals surface area contributed by atoms with E-state index < -0.39 is 12.1 Å². The van der Waals surface area contributed by atoms with Crippen molar-refractivity contribution < 1.29 is 19.1 Å². The Kier molecular flexibility index (Phi) is 12.0. The van der Waals surface area contributed by atoms with E-state index in [2.05, 4.69) is 12.2 Å². The van der Waals surface area contributed by atoms with Gasteiger partial charge in [0, 0.05) is 0 Å². The molecule has 1 aromatic carbocycles. The Morgan fingerprint density at radius 1 is 0.923 bits per heavy atom. The summed E-state index contributed by atoms with van der Waals surface area (Å²) in [6.45, 7) is 4.80. The molecule has 0 radical (unpaired) electrons. The van der Waals surface area contributed by atoms with E-state index in [0.717, 1.165) is 37.7 Å². The van der Waals surface area contributed by atoms with Crippen LogP contribution >= 0.6 is 0 Å². The summed E-state index contributed by atoms with van der Waals surface area (Å²) < 4.78 is 10.5. The van der Waals surface area contributed by atoms with Crippen molar-refractivity contribution in [2.75, 3.05) is 6.61 Å². The van der Waals surface area contributed by atoms with Crippen molar-refractivity contribution >= 4 is 12.1 Å². The molecule has 0 fully saturated rings. The number of carbonyl (C=O) groups is 2. The predicted molar refractivity (Wildman–Crippen MR) is 103 cm³/mol. The van der Waals surface area contributed by atoms with Crippen LogP contribution in [0.1, 0.15) is 70.8 Å². The zero-order valence-corrected chi connectivity index (χ0v) is 16.2. The zero-order chi connectivity index (χ0) is 19.0. The van der Waals surface area contributed by atoms with Crippen molar-refractivity contribution in [2.24, 2.45) is 0 Å². The minimum atomic E-state index is -0.645. The Morgan fingerprint density at radius 2 is 1.62 bits per heavy atom. The van der Waals surface area contributed by atoms with Gasteiger partial charge in [0.15, 0.2) is 0 Å². The Morgan fingerprint density at radius 3 is 2.31 bits per heavy atom. The van der Waals surface area contributed by atoms with Crippen LogP contribution in [0.3, 0.4) is 0 Å². The summed E-state index contributed by atoms with van der Waals surface area (Å²) in [5, 5.41) is 2.65. The van der Waals surface area contributed by atoms with Crippen LogP contribution in [0.2, 0.25) is 0 Å². The number of alkyl carbamates (subject to hydrolysis) is 1. The van der Waals surface area contributed by atoms with Crippen LogP contribution in [0, 0.1) is 0 Å². The molecule has 1 amide bonds. The van der Waals surface area contributed by atoms with Crippen LogP contribution in [0.15, 0.2) is 30.3 Å². The standard InChI is InChI=1S/C21H33NO4/c1-3-5-7-8-12-16-25-20(23)19(15-6-4-2)22-21(24)26-17-18-13-10-9-11-14-18/h9-11,13-14,19H,3-8,12,15-17H2,1-2H3,(H,22,24). The topological polar surface area (TPSA) is 64.6 Å². The molecule has 1 aromatic rings. The highest BCUT2D eigenvalue weighted by molar-refractivity contribution is 5.81.